The molecule has 2 aromatic heterocycles. The highest BCUT2D eigenvalue weighted by molar-refractivity contribution is 7.22. The van der Waals surface area contributed by atoms with Gasteiger partial charge in [0, 0.05) is 25.0 Å². The minimum atomic E-state index is -0.458. The van der Waals surface area contributed by atoms with Gasteiger partial charge in [-0.3, -0.25) is 9.78 Å². The van der Waals surface area contributed by atoms with Crippen molar-refractivity contribution in [2.75, 3.05) is 36.0 Å². The molecule has 1 atom stereocenters. The van der Waals surface area contributed by atoms with Crippen molar-refractivity contribution in [2.45, 2.75) is 12.5 Å². The Hall–Kier alpha value is -2.51. The molecule has 132 valence electrons. The number of amides is 1. The molecule has 26 heavy (non-hydrogen) atoms. The number of anilines is 2. The summed E-state index contributed by atoms with van der Waals surface area (Å²) in [6, 6.07) is 10.1. The molecule has 2 aliphatic heterocycles. The normalized spacial score (nSPS) is 19.8. The summed E-state index contributed by atoms with van der Waals surface area (Å²) in [6.07, 6.45) is 4.00. The van der Waals surface area contributed by atoms with Gasteiger partial charge in [-0.1, -0.05) is 29.5 Å². The molecule has 0 bridgehead atoms. The van der Waals surface area contributed by atoms with Gasteiger partial charge in [-0.15, -0.1) is 0 Å². The van der Waals surface area contributed by atoms with Crippen LogP contribution in [0, 0.1) is 0 Å². The molecule has 2 aliphatic rings. The number of rotatable bonds is 2. The number of pyridine rings is 1. The van der Waals surface area contributed by atoms with Crippen LogP contribution in [0.5, 0.6) is 0 Å². The number of para-hydroxylation sites is 1. The van der Waals surface area contributed by atoms with Gasteiger partial charge in [0.05, 0.1) is 24.0 Å². The zero-order chi connectivity index (χ0) is 17.5. The van der Waals surface area contributed by atoms with Crippen molar-refractivity contribution in [1.82, 2.24) is 9.97 Å². The fourth-order valence-electron chi connectivity index (χ4n) is 3.62. The average molecular weight is 366 g/mol. The lowest BCUT2D eigenvalue weighted by atomic mass is 10.2. The molecule has 1 saturated heterocycles. The van der Waals surface area contributed by atoms with Gasteiger partial charge in [0.15, 0.2) is 11.2 Å². The number of thiazole rings is 1. The molecule has 3 aromatic rings. The zero-order valence-electron chi connectivity index (χ0n) is 14.2. The highest BCUT2D eigenvalue weighted by Crippen LogP contribution is 2.31. The number of hydrogen-bond acceptors (Lipinski definition) is 6. The Morgan fingerprint density at radius 3 is 3.08 bits per heavy atom. The predicted octanol–water partition coefficient (Wildman–Crippen LogP) is 2.49. The Kier molecular flexibility index (Phi) is 3.83. The van der Waals surface area contributed by atoms with Crippen LogP contribution in [0.2, 0.25) is 0 Å². The van der Waals surface area contributed by atoms with Crippen LogP contribution in [0.1, 0.15) is 5.56 Å². The SMILES string of the molecule is O=C(C1CN(c2nc3cnccc3s2)CCO1)N1CCc2ccccc21. The van der Waals surface area contributed by atoms with Gasteiger partial charge in [-0.2, -0.15) is 0 Å². The lowest BCUT2D eigenvalue weighted by molar-refractivity contribution is -0.130. The van der Waals surface area contributed by atoms with E-state index in [-0.39, 0.29) is 5.91 Å². The van der Waals surface area contributed by atoms with Crippen molar-refractivity contribution in [3.05, 3.63) is 48.3 Å². The lowest BCUT2D eigenvalue weighted by Crippen LogP contribution is -2.51. The largest absolute Gasteiger partial charge is 0.365 e. The number of aromatic nitrogens is 2. The Balaban J connectivity index is 1.36. The lowest BCUT2D eigenvalue weighted by Gasteiger charge is -2.33. The molecule has 1 unspecified atom stereocenters. The Morgan fingerprint density at radius 1 is 1.23 bits per heavy atom. The van der Waals surface area contributed by atoms with Crippen molar-refractivity contribution >= 4 is 38.3 Å². The van der Waals surface area contributed by atoms with E-state index in [0.29, 0.717) is 13.2 Å². The van der Waals surface area contributed by atoms with E-state index in [4.69, 9.17) is 4.74 Å². The van der Waals surface area contributed by atoms with Gasteiger partial charge >= 0.3 is 0 Å². The first-order valence-electron chi connectivity index (χ1n) is 8.76. The fraction of sp³-hybridized carbons (Fsp3) is 0.316. The summed E-state index contributed by atoms with van der Waals surface area (Å²) in [4.78, 5) is 25.9. The molecule has 4 heterocycles. The molecule has 0 N–H and O–H groups in total. The number of carbonyl (C=O) groups is 1. The summed E-state index contributed by atoms with van der Waals surface area (Å²) >= 11 is 1.63. The van der Waals surface area contributed by atoms with E-state index >= 15 is 0 Å². The molecular weight excluding hydrogens is 348 g/mol. The van der Waals surface area contributed by atoms with E-state index in [1.807, 2.05) is 29.2 Å². The van der Waals surface area contributed by atoms with E-state index in [9.17, 15) is 4.79 Å². The summed E-state index contributed by atoms with van der Waals surface area (Å²) in [5, 5.41) is 0.927. The second-order valence-corrected chi connectivity index (χ2v) is 7.52. The van der Waals surface area contributed by atoms with Gasteiger partial charge in [0.1, 0.15) is 5.52 Å². The van der Waals surface area contributed by atoms with Crippen LogP contribution < -0.4 is 9.80 Å². The first-order valence-corrected chi connectivity index (χ1v) is 9.57. The number of benzene rings is 1. The van der Waals surface area contributed by atoms with Gasteiger partial charge < -0.3 is 14.5 Å². The third kappa shape index (κ3) is 2.64. The molecule has 5 rings (SSSR count). The van der Waals surface area contributed by atoms with Crippen LogP contribution in [0.4, 0.5) is 10.8 Å². The van der Waals surface area contributed by atoms with Crippen LogP contribution in [-0.4, -0.2) is 48.2 Å². The molecule has 1 fully saturated rings. The maximum absolute atomic E-state index is 13.1. The molecule has 1 amide bonds. The predicted molar refractivity (Wildman–Crippen MR) is 102 cm³/mol. The van der Waals surface area contributed by atoms with Crippen molar-refractivity contribution in [3.63, 3.8) is 0 Å². The minimum Gasteiger partial charge on any atom is -0.365 e. The van der Waals surface area contributed by atoms with Crippen LogP contribution in [0.25, 0.3) is 10.2 Å². The van der Waals surface area contributed by atoms with E-state index < -0.39 is 6.10 Å². The number of nitrogens with zero attached hydrogens (tertiary/aromatic N) is 4. The van der Waals surface area contributed by atoms with Crippen molar-refractivity contribution in [2.24, 2.45) is 0 Å². The van der Waals surface area contributed by atoms with Crippen molar-refractivity contribution in [3.8, 4) is 0 Å². The van der Waals surface area contributed by atoms with E-state index in [1.54, 1.807) is 23.7 Å². The molecular formula is C19H18N4O2S. The van der Waals surface area contributed by atoms with Gasteiger partial charge in [0.2, 0.25) is 0 Å². The molecule has 0 aliphatic carbocycles. The Labute approximate surface area is 155 Å². The first-order chi connectivity index (χ1) is 12.8. The topological polar surface area (TPSA) is 58.6 Å². The second kappa shape index (κ2) is 6.34. The highest BCUT2D eigenvalue weighted by atomic mass is 32.1. The minimum absolute atomic E-state index is 0.0439. The molecule has 0 saturated carbocycles. The number of morpholine rings is 1. The van der Waals surface area contributed by atoms with Gasteiger partial charge in [0.25, 0.3) is 5.91 Å². The van der Waals surface area contributed by atoms with E-state index in [1.165, 1.54) is 5.56 Å². The van der Waals surface area contributed by atoms with Gasteiger partial charge in [-0.25, -0.2) is 4.98 Å². The molecule has 1 aromatic carbocycles. The van der Waals surface area contributed by atoms with E-state index in [0.717, 1.165) is 40.5 Å². The number of ether oxygens (including phenoxy) is 1. The zero-order valence-corrected chi connectivity index (χ0v) is 15.0. The highest BCUT2D eigenvalue weighted by Gasteiger charge is 2.34. The quantitative estimate of drug-likeness (QED) is 0.697. The Bertz CT molecular complexity index is 940. The van der Waals surface area contributed by atoms with Crippen molar-refractivity contribution in [1.29, 1.82) is 0 Å². The molecule has 6 nitrogen and oxygen atoms in total. The van der Waals surface area contributed by atoms with Crippen LogP contribution in [0.3, 0.4) is 0 Å². The second-order valence-electron chi connectivity index (χ2n) is 6.51. The summed E-state index contributed by atoms with van der Waals surface area (Å²) < 4.78 is 6.93. The molecule has 7 heteroatoms. The third-order valence-electron chi connectivity index (χ3n) is 4.94. The van der Waals surface area contributed by atoms with Crippen molar-refractivity contribution < 1.29 is 9.53 Å². The standard InChI is InChI=1S/C19H18N4O2S/c24-18(23-8-6-13-3-1-2-4-15(13)23)16-12-22(9-10-25-16)19-21-14-11-20-7-5-17(14)26-19/h1-5,7,11,16H,6,8-10,12H2. The Morgan fingerprint density at radius 2 is 2.15 bits per heavy atom. The average Bonchev–Trinajstić information content (AvgIpc) is 3.32. The van der Waals surface area contributed by atoms with Gasteiger partial charge in [-0.05, 0) is 24.1 Å². The summed E-state index contributed by atoms with van der Waals surface area (Å²) in [7, 11) is 0. The summed E-state index contributed by atoms with van der Waals surface area (Å²) in [5.41, 5.74) is 3.15. The van der Waals surface area contributed by atoms with Crippen LogP contribution in [-0.2, 0) is 16.0 Å². The first kappa shape index (κ1) is 15.7. The molecule has 0 radical (unpaired) electrons. The fourth-order valence-corrected chi connectivity index (χ4v) is 4.58. The monoisotopic (exact) mass is 366 g/mol. The van der Waals surface area contributed by atoms with E-state index in [2.05, 4.69) is 20.9 Å². The number of hydrogen-bond donors (Lipinski definition) is 0. The summed E-state index contributed by atoms with van der Waals surface area (Å²) in [5.74, 6) is 0.0439. The van der Waals surface area contributed by atoms with Crippen LogP contribution >= 0.6 is 11.3 Å². The number of fused-ring (bicyclic) bond motifs is 2. The number of carbonyl (C=O) groups excluding carboxylic acids is 1. The summed E-state index contributed by atoms with van der Waals surface area (Å²) in [6.45, 7) is 2.53. The maximum Gasteiger partial charge on any atom is 0.257 e. The third-order valence-corrected chi connectivity index (χ3v) is 6.04. The smallest absolute Gasteiger partial charge is 0.257 e. The maximum atomic E-state index is 13.1. The molecule has 0 spiro atoms. The van der Waals surface area contributed by atoms with Crippen LogP contribution in [0.15, 0.2) is 42.7 Å².